The van der Waals surface area contributed by atoms with Crippen LogP contribution in [0.25, 0.3) is 0 Å². The Morgan fingerprint density at radius 3 is 2.94 bits per heavy atom. The fourth-order valence-electron chi connectivity index (χ4n) is 5.40. The van der Waals surface area contributed by atoms with Gasteiger partial charge in [-0.15, -0.1) is 0 Å². The van der Waals surface area contributed by atoms with Crippen molar-refractivity contribution in [1.82, 2.24) is 30.4 Å². The van der Waals surface area contributed by atoms with Gasteiger partial charge in [-0.05, 0) is 64.0 Å². The summed E-state index contributed by atoms with van der Waals surface area (Å²) < 4.78 is 7.78. The molecule has 35 heavy (non-hydrogen) atoms. The molecule has 2 N–H and O–H groups in total. The minimum absolute atomic E-state index is 0.0350. The largest absolute Gasteiger partial charge is 0.435 e. The summed E-state index contributed by atoms with van der Waals surface area (Å²) in [4.78, 5) is 31.1. The Kier molecular flexibility index (Phi) is 6.39. The first-order valence-electron chi connectivity index (χ1n) is 12.1. The van der Waals surface area contributed by atoms with Gasteiger partial charge in [0.15, 0.2) is 5.60 Å². The molecule has 3 amide bonds. The number of ether oxygens (including phenoxy) is 1. The number of urea groups is 1. The fourth-order valence-corrected chi connectivity index (χ4v) is 5.69. The van der Waals surface area contributed by atoms with Crippen LogP contribution in [0, 0.1) is 12.8 Å². The average Bonchev–Trinajstić information content (AvgIpc) is 3.29. The Balaban J connectivity index is 1.19. The van der Waals surface area contributed by atoms with E-state index in [1.807, 2.05) is 29.5 Å². The topological polar surface area (TPSA) is 114 Å². The normalized spacial score (nSPS) is 24.8. The van der Waals surface area contributed by atoms with E-state index in [0.29, 0.717) is 54.7 Å². The fraction of sp³-hybridized carbons (Fsp3) is 0.542. The van der Waals surface area contributed by atoms with Gasteiger partial charge in [0.2, 0.25) is 0 Å². The second kappa shape index (κ2) is 9.49. The van der Waals surface area contributed by atoms with Crippen molar-refractivity contribution in [2.45, 2.75) is 70.7 Å². The van der Waals surface area contributed by atoms with E-state index >= 15 is 0 Å². The summed E-state index contributed by atoms with van der Waals surface area (Å²) in [6, 6.07) is 3.73. The van der Waals surface area contributed by atoms with Crippen molar-refractivity contribution < 1.29 is 14.3 Å². The Morgan fingerprint density at radius 1 is 1.37 bits per heavy atom. The van der Waals surface area contributed by atoms with Crippen molar-refractivity contribution >= 4 is 29.4 Å². The van der Waals surface area contributed by atoms with E-state index in [0.717, 1.165) is 30.7 Å². The number of hydrogen-bond acceptors (Lipinski definition) is 6. The lowest BCUT2D eigenvalue weighted by molar-refractivity contribution is 0.0155. The standard InChI is InChI=1S/C24H30ClN7O3/c1-15-12-20(25)19(13-26-15)21-24(35-23(34)30-29-21)6-3-17(4-7-24)11-16(2)28-22(33)31-9-10-32-18(14-31)5-8-27-32/h5,8,12-13,16-17H,3-4,6-7,9-11,14H2,1-2H3,(H,28,33)(H,30,34)/t16-,17?,24?/m0/s1. The van der Waals surface area contributed by atoms with E-state index in [1.165, 1.54) is 0 Å². The lowest BCUT2D eigenvalue weighted by Crippen LogP contribution is -2.53. The number of carbonyl (C=O) groups is 2. The molecule has 0 saturated heterocycles. The summed E-state index contributed by atoms with van der Waals surface area (Å²) >= 11 is 6.50. The van der Waals surface area contributed by atoms with Gasteiger partial charge in [0.25, 0.3) is 0 Å². The number of nitrogens with one attached hydrogen (secondary N) is 2. The van der Waals surface area contributed by atoms with Crippen LogP contribution in [0.2, 0.25) is 5.02 Å². The van der Waals surface area contributed by atoms with E-state index in [9.17, 15) is 9.59 Å². The van der Waals surface area contributed by atoms with Gasteiger partial charge in [0, 0.05) is 36.2 Å². The molecule has 1 saturated carbocycles. The highest BCUT2D eigenvalue weighted by atomic mass is 35.5. The number of carbonyl (C=O) groups excluding carboxylic acids is 2. The van der Waals surface area contributed by atoms with Crippen LogP contribution in [-0.2, 0) is 17.8 Å². The number of halogens is 1. The summed E-state index contributed by atoms with van der Waals surface area (Å²) in [5.41, 5.74) is 4.77. The van der Waals surface area contributed by atoms with Crippen molar-refractivity contribution in [3.05, 3.63) is 46.5 Å². The molecular formula is C24H30ClN7O3. The molecule has 3 aliphatic rings. The third-order valence-corrected chi connectivity index (χ3v) is 7.53. The van der Waals surface area contributed by atoms with Crippen LogP contribution in [0.15, 0.2) is 29.6 Å². The first kappa shape index (κ1) is 23.6. The summed E-state index contributed by atoms with van der Waals surface area (Å²) in [7, 11) is 0. The highest BCUT2D eigenvalue weighted by molar-refractivity contribution is 6.34. The third kappa shape index (κ3) is 4.84. The lowest BCUT2D eigenvalue weighted by Gasteiger charge is -2.42. The maximum atomic E-state index is 12.8. The molecule has 2 aromatic heterocycles. The van der Waals surface area contributed by atoms with Crippen LogP contribution in [0.1, 0.15) is 56.0 Å². The Labute approximate surface area is 209 Å². The van der Waals surface area contributed by atoms with Gasteiger partial charge in [-0.25, -0.2) is 15.0 Å². The van der Waals surface area contributed by atoms with Crippen LogP contribution < -0.4 is 10.7 Å². The molecule has 5 rings (SSSR count). The molecule has 2 aliphatic heterocycles. The van der Waals surface area contributed by atoms with E-state index in [-0.39, 0.29) is 12.1 Å². The van der Waals surface area contributed by atoms with Crippen molar-refractivity contribution in [3.8, 4) is 0 Å². The number of hydrazone groups is 1. The number of aromatic nitrogens is 3. The van der Waals surface area contributed by atoms with Gasteiger partial charge in [-0.2, -0.15) is 10.2 Å². The molecule has 186 valence electrons. The smallest absolute Gasteiger partial charge is 0.428 e. The molecular weight excluding hydrogens is 470 g/mol. The van der Waals surface area contributed by atoms with Gasteiger partial charge >= 0.3 is 12.1 Å². The Bertz CT molecular complexity index is 1160. The zero-order valence-corrected chi connectivity index (χ0v) is 20.7. The Hall–Kier alpha value is -3.14. The van der Waals surface area contributed by atoms with Gasteiger partial charge < -0.3 is 15.0 Å². The van der Waals surface area contributed by atoms with E-state index in [4.69, 9.17) is 16.3 Å². The Morgan fingerprint density at radius 2 is 2.17 bits per heavy atom. The third-order valence-electron chi connectivity index (χ3n) is 7.22. The van der Waals surface area contributed by atoms with Gasteiger partial charge in [0.05, 0.1) is 23.8 Å². The lowest BCUT2D eigenvalue weighted by atomic mass is 9.73. The van der Waals surface area contributed by atoms with E-state index < -0.39 is 11.7 Å². The zero-order valence-electron chi connectivity index (χ0n) is 20.0. The number of nitrogens with zero attached hydrogens (tertiary/aromatic N) is 5. The molecule has 1 aliphatic carbocycles. The molecule has 2 aromatic rings. The number of amides is 3. The zero-order chi connectivity index (χ0) is 24.6. The van der Waals surface area contributed by atoms with Crippen LogP contribution in [0.5, 0.6) is 0 Å². The van der Waals surface area contributed by atoms with Crippen LogP contribution in [-0.4, -0.2) is 55.7 Å². The SMILES string of the molecule is Cc1cc(Cl)c(C2=NNC(=O)OC23CCC(C[C@H](C)NC(=O)N2CCn4nccc4C2)CC3)cn1. The molecule has 11 heteroatoms. The molecule has 1 atom stereocenters. The second-order valence-corrected chi connectivity index (χ2v) is 10.2. The van der Waals surface area contributed by atoms with Crippen LogP contribution >= 0.6 is 11.6 Å². The highest BCUT2D eigenvalue weighted by Gasteiger charge is 2.47. The van der Waals surface area contributed by atoms with Crippen molar-refractivity contribution in [2.75, 3.05) is 6.54 Å². The highest BCUT2D eigenvalue weighted by Crippen LogP contribution is 2.41. The minimum atomic E-state index is -0.817. The van der Waals surface area contributed by atoms with E-state index in [2.05, 4.69) is 25.9 Å². The quantitative estimate of drug-likeness (QED) is 0.667. The second-order valence-electron chi connectivity index (χ2n) is 9.76. The molecule has 1 spiro atoms. The maximum Gasteiger partial charge on any atom is 0.428 e. The molecule has 0 bridgehead atoms. The number of hydrogen-bond donors (Lipinski definition) is 2. The molecule has 10 nitrogen and oxygen atoms in total. The van der Waals surface area contributed by atoms with Crippen molar-refractivity contribution in [1.29, 1.82) is 0 Å². The average molecular weight is 500 g/mol. The molecule has 0 radical (unpaired) electrons. The predicted octanol–water partition coefficient (Wildman–Crippen LogP) is 3.62. The number of fused-ring (bicyclic) bond motifs is 1. The van der Waals surface area contributed by atoms with E-state index in [1.54, 1.807) is 18.5 Å². The van der Waals surface area contributed by atoms with Crippen molar-refractivity contribution in [3.63, 3.8) is 0 Å². The number of aryl methyl sites for hydroxylation is 1. The molecule has 1 fully saturated rings. The number of rotatable bonds is 4. The summed E-state index contributed by atoms with van der Waals surface area (Å²) in [6.45, 7) is 5.86. The van der Waals surface area contributed by atoms with Gasteiger partial charge in [-0.3, -0.25) is 9.67 Å². The van der Waals surface area contributed by atoms with Gasteiger partial charge in [0.1, 0.15) is 5.71 Å². The summed E-state index contributed by atoms with van der Waals surface area (Å²) in [5.74, 6) is 0.403. The number of pyridine rings is 1. The minimum Gasteiger partial charge on any atom is -0.435 e. The monoisotopic (exact) mass is 499 g/mol. The molecule has 4 heterocycles. The predicted molar refractivity (Wildman–Crippen MR) is 130 cm³/mol. The summed E-state index contributed by atoms with van der Waals surface area (Å²) in [6.07, 6.45) is 6.77. The van der Waals surface area contributed by atoms with Crippen LogP contribution in [0.3, 0.4) is 0 Å². The first-order chi connectivity index (χ1) is 16.8. The van der Waals surface area contributed by atoms with Gasteiger partial charge in [-0.1, -0.05) is 11.6 Å². The maximum absolute atomic E-state index is 12.8. The molecule has 0 aromatic carbocycles. The first-order valence-corrected chi connectivity index (χ1v) is 12.5. The van der Waals surface area contributed by atoms with Crippen LogP contribution in [0.4, 0.5) is 9.59 Å². The van der Waals surface area contributed by atoms with Crippen molar-refractivity contribution in [2.24, 2.45) is 11.0 Å². The molecule has 0 unspecified atom stereocenters. The summed E-state index contributed by atoms with van der Waals surface area (Å²) in [5, 5.41) is 12.3.